The Morgan fingerprint density at radius 2 is 1.91 bits per heavy atom. The number of unbranched alkanes of at least 4 members (excludes halogenated alkanes) is 1. The Balaban J connectivity index is 1.75. The second-order valence-corrected chi connectivity index (χ2v) is 12.9. The van der Waals surface area contributed by atoms with Gasteiger partial charge in [-0.1, -0.05) is 70.3 Å². The van der Waals surface area contributed by atoms with Gasteiger partial charge in [0.05, 0.1) is 6.10 Å². The second kappa shape index (κ2) is 9.95. The summed E-state index contributed by atoms with van der Waals surface area (Å²) in [6.45, 7) is 16.3. The van der Waals surface area contributed by atoms with Crippen molar-refractivity contribution in [3.63, 3.8) is 0 Å². The van der Waals surface area contributed by atoms with Gasteiger partial charge in [0.2, 0.25) is 0 Å². The largest absolute Gasteiger partial charge is 0.393 e. The molecule has 3 aliphatic rings. The lowest BCUT2D eigenvalue weighted by Gasteiger charge is -2.54. The lowest BCUT2D eigenvalue weighted by molar-refractivity contribution is -0.00878. The first-order valence-electron chi connectivity index (χ1n) is 13.8. The second-order valence-electron chi connectivity index (χ2n) is 12.9. The maximum Gasteiger partial charge on any atom is 0.0593 e. The molecule has 0 aromatic carbocycles. The van der Waals surface area contributed by atoms with E-state index in [4.69, 9.17) is 5.73 Å². The van der Waals surface area contributed by atoms with Gasteiger partial charge >= 0.3 is 0 Å². The van der Waals surface area contributed by atoms with Gasteiger partial charge in [-0.25, -0.2) is 0 Å². The molecular formula is C30H53NO. The fourth-order valence-corrected chi connectivity index (χ4v) is 7.84. The number of fused-ring (bicyclic) bond motifs is 2. The zero-order valence-corrected chi connectivity index (χ0v) is 22.4. The zero-order chi connectivity index (χ0) is 23.7. The van der Waals surface area contributed by atoms with E-state index in [1.807, 2.05) is 0 Å². The van der Waals surface area contributed by atoms with Crippen LogP contribution in [-0.2, 0) is 0 Å². The van der Waals surface area contributed by atoms with Crippen LogP contribution >= 0.6 is 0 Å². The first-order chi connectivity index (χ1) is 15.0. The Labute approximate surface area is 199 Å². The first kappa shape index (κ1) is 26.0. The summed E-state index contributed by atoms with van der Waals surface area (Å²) in [5, 5.41) is 11.0. The molecule has 184 valence electrons. The number of allylic oxidation sites excluding steroid dienone is 3. The van der Waals surface area contributed by atoms with Gasteiger partial charge in [-0.2, -0.15) is 0 Å². The molecule has 0 aromatic rings. The molecule has 3 rings (SSSR count). The number of nitrogens with two attached hydrogens (primary N) is 1. The molecule has 0 bridgehead atoms. The summed E-state index contributed by atoms with van der Waals surface area (Å²) in [6, 6.07) is 0. The van der Waals surface area contributed by atoms with Gasteiger partial charge in [0.1, 0.15) is 0 Å². The average Bonchev–Trinajstić information content (AvgIpc) is 3.03. The van der Waals surface area contributed by atoms with Gasteiger partial charge in [0.25, 0.3) is 0 Å². The van der Waals surface area contributed by atoms with Crippen LogP contribution in [-0.4, -0.2) is 16.7 Å². The molecule has 3 aliphatic carbocycles. The molecule has 0 amide bonds. The van der Waals surface area contributed by atoms with Gasteiger partial charge in [0, 0.05) is 11.0 Å². The quantitative estimate of drug-likeness (QED) is 0.355. The summed E-state index contributed by atoms with van der Waals surface area (Å²) >= 11 is 0. The predicted octanol–water partition coefficient (Wildman–Crippen LogP) is 7.95. The molecule has 0 spiro atoms. The summed E-state index contributed by atoms with van der Waals surface area (Å²) in [5.41, 5.74) is 12.5. The Morgan fingerprint density at radius 3 is 2.56 bits per heavy atom. The Bertz CT molecular complexity index is 714. The molecule has 0 radical (unpaired) electrons. The van der Waals surface area contributed by atoms with E-state index in [1.165, 1.54) is 56.9 Å². The molecule has 1 fully saturated rings. The van der Waals surface area contributed by atoms with Gasteiger partial charge in [-0.3, -0.25) is 0 Å². The number of aliphatic hydroxyl groups excluding tert-OH is 1. The molecule has 3 N–H and O–H groups in total. The minimum Gasteiger partial charge on any atom is -0.393 e. The summed E-state index contributed by atoms with van der Waals surface area (Å²) < 4.78 is 0. The molecule has 0 aromatic heterocycles. The highest BCUT2D eigenvalue weighted by molar-refractivity contribution is 5.36. The monoisotopic (exact) mass is 443 g/mol. The van der Waals surface area contributed by atoms with Gasteiger partial charge in [-0.15, -0.1) is 0 Å². The third-order valence-electron chi connectivity index (χ3n) is 10.4. The van der Waals surface area contributed by atoms with Crippen LogP contribution < -0.4 is 5.73 Å². The van der Waals surface area contributed by atoms with E-state index in [1.54, 1.807) is 11.1 Å². The van der Waals surface area contributed by atoms with Crippen LogP contribution in [0.2, 0.25) is 0 Å². The lowest BCUT2D eigenvalue weighted by atomic mass is 9.53. The van der Waals surface area contributed by atoms with Crippen LogP contribution in [0.1, 0.15) is 126 Å². The van der Waals surface area contributed by atoms with Crippen molar-refractivity contribution in [3.8, 4) is 0 Å². The molecule has 32 heavy (non-hydrogen) atoms. The van der Waals surface area contributed by atoms with Crippen molar-refractivity contribution >= 4 is 0 Å². The smallest absolute Gasteiger partial charge is 0.0593 e. The van der Waals surface area contributed by atoms with E-state index >= 15 is 0 Å². The van der Waals surface area contributed by atoms with Crippen LogP contribution in [0.5, 0.6) is 0 Å². The van der Waals surface area contributed by atoms with Crippen molar-refractivity contribution in [1.82, 2.24) is 0 Å². The van der Waals surface area contributed by atoms with Crippen molar-refractivity contribution in [3.05, 3.63) is 22.8 Å². The van der Waals surface area contributed by atoms with Crippen molar-refractivity contribution < 1.29 is 5.11 Å². The Kier molecular flexibility index (Phi) is 8.08. The van der Waals surface area contributed by atoms with E-state index in [0.717, 1.165) is 25.7 Å². The minimum absolute atomic E-state index is 0.00348. The fourth-order valence-electron chi connectivity index (χ4n) is 7.84. The van der Waals surface area contributed by atoms with Gasteiger partial charge < -0.3 is 10.8 Å². The number of aliphatic hydroxyl groups is 1. The van der Waals surface area contributed by atoms with Crippen LogP contribution in [0.25, 0.3) is 0 Å². The molecule has 0 heterocycles. The molecule has 2 unspecified atom stereocenters. The van der Waals surface area contributed by atoms with E-state index in [-0.39, 0.29) is 22.5 Å². The topological polar surface area (TPSA) is 46.2 Å². The Hall–Kier alpha value is -0.600. The molecule has 2 nitrogen and oxygen atoms in total. The number of hydrogen-bond donors (Lipinski definition) is 2. The molecular weight excluding hydrogens is 390 g/mol. The highest BCUT2D eigenvalue weighted by Gasteiger charge is 2.60. The summed E-state index contributed by atoms with van der Waals surface area (Å²) in [7, 11) is 0. The Morgan fingerprint density at radius 1 is 1.19 bits per heavy atom. The van der Waals surface area contributed by atoms with E-state index < -0.39 is 0 Å². The van der Waals surface area contributed by atoms with Crippen LogP contribution in [0.15, 0.2) is 22.8 Å². The maximum absolute atomic E-state index is 11.0. The van der Waals surface area contributed by atoms with E-state index in [2.05, 4.69) is 54.5 Å². The van der Waals surface area contributed by atoms with E-state index in [0.29, 0.717) is 17.8 Å². The van der Waals surface area contributed by atoms with Crippen LogP contribution in [0, 0.1) is 28.6 Å². The number of hydrogen-bond acceptors (Lipinski definition) is 2. The highest BCUT2D eigenvalue weighted by Crippen LogP contribution is 2.63. The maximum atomic E-state index is 11.0. The molecule has 0 saturated heterocycles. The van der Waals surface area contributed by atoms with E-state index in [9.17, 15) is 5.11 Å². The molecule has 2 heteroatoms. The van der Waals surface area contributed by atoms with Gasteiger partial charge in [-0.05, 0) is 101 Å². The lowest BCUT2D eigenvalue weighted by Crippen LogP contribution is -2.59. The fraction of sp³-hybridized carbons (Fsp3) is 0.867. The normalized spacial score (nSPS) is 34.7. The third-order valence-corrected chi connectivity index (χ3v) is 10.4. The van der Waals surface area contributed by atoms with Crippen LogP contribution in [0.4, 0.5) is 0 Å². The van der Waals surface area contributed by atoms with Crippen LogP contribution in [0.3, 0.4) is 0 Å². The standard InChI is InChI=1S/C30H53NO/c1-8-9-13-27(32)28(5,6)24-14-15-26-23(20-24)16-19-30(31)25(17-18-29(26,30)7)22(4)12-10-11-21(2)3/h11,22,24-25,27,32H,8-10,12-20,31H2,1-7H3/t22?,24?,25-,27-,29+,30+/m0/s1. The molecule has 0 aliphatic heterocycles. The van der Waals surface area contributed by atoms with Crippen molar-refractivity contribution in [2.75, 3.05) is 0 Å². The van der Waals surface area contributed by atoms with Gasteiger partial charge in [0.15, 0.2) is 0 Å². The number of rotatable bonds is 9. The average molecular weight is 444 g/mol. The minimum atomic E-state index is -0.181. The van der Waals surface area contributed by atoms with Crippen molar-refractivity contribution in [2.45, 2.75) is 137 Å². The SMILES string of the molecule is CCCC[C@H](O)C(C)(C)C1CCC2=C(CC[C@@]3(N)[C@H](C(C)CCC=C(C)C)CC[C@]23C)C1. The van der Waals surface area contributed by atoms with Crippen molar-refractivity contribution in [2.24, 2.45) is 34.3 Å². The van der Waals surface area contributed by atoms with Crippen molar-refractivity contribution in [1.29, 1.82) is 0 Å². The highest BCUT2D eigenvalue weighted by atomic mass is 16.3. The molecule has 1 saturated carbocycles. The first-order valence-corrected chi connectivity index (χ1v) is 13.8. The molecule has 6 atom stereocenters. The summed E-state index contributed by atoms with van der Waals surface area (Å²) in [5.74, 6) is 1.95. The summed E-state index contributed by atoms with van der Waals surface area (Å²) in [4.78, 5) is 0. The third kappa shape index (κ3) is 4.65. The summed E-state index contributed by atoms with van der Waals surface area (Å²) in [6.07, 6.45) is 16.5. The predicted molar refractivity (Wildman–Crippen MR) is 138 cm³/mol. The zero-order valence-electron chi connectivity index (χ0n) is 22.4.